The number of hydrogen-bond donors (Lipinski definition) is 2. The molecule has 2 aromatic carbocycles. The van der Waals surface area contributed by atoms with Gasteiger partial charge in [0.15, 0.2) is 0 Å². The highest BCUT2D eigenvalue weighted by Gasteiger charge is 2.48. The Hall–Kier alpha value is -3.56. The lowest BCUT2D eigenvalue weighted by atomic mass is 9.98. The highest BCUT2D eigenvalue weighted by atomic mass is 19.4. The van der Waals surface area contributed by atoms with E-state index in [1.165, 1.54) is 13.8 Å². The third kappa shape index (κ3) is 5.27. The van der Waals surface area contributed by atoms with Gasteiger partial charge in [0.2, 0.25) is 6.04 Å². The largest absolute Gasteiger partial charge is 0.480 e. The first kappa shape index (κ1) is 24.1. The first-order valence-electron chi connectivity index (χ1n) is 10.2. The SMILES string of the molecule is CC(C)N(CC(=O)O)C(=O)C(NC(=O)OCC1c2ccccc2-c2ccccc21)C(F)(F)F. The summed E-state index contributed by atoms with van der Waals surface area (Å²) in [5.74, 6) is -3.42. The number of alkyl halides is 3. The Morgan fingerprint density at radius 1 is 1.03 bits per heavy atom. The van der Waals surface area contributed by atoms with Gasteiger partial charge in [-0.3, -0.25) is 9.59 Å². The van der Waals surface area contributed by atoms with Crippen molar-refractivity contribution in [3.8, 4) is 11.1 Å². The molecule has 0 aliphatic heterocycles. The number of nitrogens with zero attached hydrogens (tertiary/aromatic N) is 1. The van der Waals surface area contributed by atoms with Crippen molar-refractivity contribution in [3.63, 3.8) is 0 Å². The minimum atomic E-state index is -5.14. The first-order valence-corrected chi connectivity index (χ1v) is 10.2. The molecule has 0 aromatic heterocycles. The standard InChI is InChI=1S/C23H23F3N2O5/c1-13(2)28(11-19(29)30)21(31)20(23(24,25)26)27-22(32)33-12-18-16-9-5-3-7-14(16)15-8-4-6-10-17(15)18/h3-10,13,18,20H,11-12H2,1-2H3,(H,27,32)(H,29,30). The fourth-order valence-corrected chi connectivity index (χ4v) is 3.87. The van der Waals surface area contributed by atoms with E-state index in [-0.39, 0.29) is 12.5 Å². The molecule has 1 unspecified atom stereocenters. The van der Waals surface area contributed by atoms with E-state index >= 15 is 0 Å². The van der Waals surface area contributed by atoms with Crippen LogP contribution in [0.1, 0.15) is 30.9 Å². The Morgan fingerprint density at radius 3 is 2.00 bits per heavy atom. The van der Waals surface area contributed by atoms with Gasteiger partial charge in [0.1, 0.15) is 13.2 Å². The van der Waals surface area contributed by atoms with Crippen LogP contribution in [0.25, 0.3) is 11.1 Å². The Kier molecular flexibility index (Phi) is 6.95. The quantitative estimate of drug-likeness (QED) is 0.650. The Balaban J connectivity index is 1.74. The summed E-state index contributed by atoms with van der Waals surface area (Å²) in [7, 11) is 0. The number of fused-ring (bicyclic) bond motifs is 3. The van der Waals surface area contributed by atoms with Crippen molar-refractivity contribution in [2.45, 2.75) is 38.0 Å². The van der Waals surface area contributed by atoms with Crippen LogP contribution in [0.3, 0.4) is 0 Å². The van der Waals surface area contributed by atoms with Gasteiger partial charge in [0.25, 0.3) is 5.91 Å². The van der Waals surface area contributed by atoms with Crippen LogP contribution in [-0.4, -0.2) is 59.4 Å². The van der Waals surface area contributed by atoms with Crippen molar-refractivity contribution >= 4 is 18.0 Å². The number of aliphatic carboxylic acids is 1. The number of carbonyl (C=O) groups excluding carboxylic acids is 2. The van der Waals surface area contributed by atoms with Crippen molar-refractivity contribution in [1.82, 2.24) is 10.2 Å². The van der Waals surface area contributed by atoms with Gasteiger partial charge in [-0.25, -0.2) is 4.79 Å². The van der Waals surface area contributed by atoms with E-state index in [1.807, 2.05) is 48.5 Å². The molecule has 1 atom stereocenters. The molecule has 2 aromatic rings. The summed E-state index contributed by atoms with van der Waals surface area (Å²) in [6.07, 6.45) is -6.57. The van der Waals surface area contributed by atoms with E-state index in [9.17, 15) is 27.6 Å². The fraction of sp³-hybridized carbons (Fsp3) is 0.348. The average molecular weight is 464 g/mol. The Labute approximate surface area is 188 Å². The second-order valence-electron chi connectivity index (χ2n) is 7.90. The molecule has 33 heavy (non-hydrogen) atoms. The number of alkyl carbamates (subject to hydrolysis) is 1. The summed E-state index contributed by atoms with van der Waals surface area (Å²) in [5.41, 5.74) is 3.66. The predicted octanol–water partition coefficient (Wildman–Crippen LogP) is 3.78. The second-order valence-corrected chi connectivity index (χ2v) is 7.90. The summed E-state index contributed by atoms with van der Waals surface area (Å²) in [4.78, 5) is 36.3. The highest BCUT2D eigenvalue weighted by Crippen LogP contribution is 2.44. The molecule has 1 aliphatic carbocycles. The molecule has 0 spiro atoms. The minimum Gasteiger partial charge on any atom is -0.480 e. The number of carboxylic acid groups (broad SMARTS) is 1. The second kappa shape index (κ2) is 9.51. The van der Waals surface area contributed by atoms with Gasteiger partial charge in [-0.1, -0.05) is 48.5 Å². The molecule has 0 radical (unpaired) electrons. The molecule has 0 heterocycles. The Bertz CT molecular complexity index is 1010. The van der Waals surface area contributed by atoms with Crippen molar-refractivity contribution in [2.75, 3.05) is 13.2 Å². The van der Waals surface area contributed by atoms with Gasteiger partial charge in [0.05, 0.1) is 0 Å². The van der Waals surface area contributed by atoms with E-state index in [0.717, 1.165) is 22.3 Å². The number of ether oxygens (including phenoxy) is 1. The molecular weight excluding hydrogens is 441 g/mol. The van der Waals surface area contributed by atoms with Crippen LogP contribution in [0.15, 0.2) is 48.5 Å². The third-order valence-corrected chi connectivity index (χ3v) is 5.39. The fourth-order valence-electron chi connectivity index (χ4n) is 3.87. The number of rotatable bonds is 7. The van der Waals surface area contributed by atoms with Crippen molar-refractivity contribution in [2.24, 2.45) is 0 Å². The summed E-state index contributed by atoms with van der Waals surface area (Å²) < 4.78 is 45.8. The molecule has 2 amide bonds. The van der Waals surface area contributed by atoms with Gasteiger partial charge in [0, 0.05) is 12.0 Å². The lowest BCUT2D eigenvalue weighted by Gasteiger charge is -2.30. The monoisotopic (exact) mass is 464 g/mol. The molecule has 176 valence electrons. The summed E-state index contributed by atoms with van der Waals surface area (Å²) in [5, 5.41) is 10.5. The first-order chi connectivity index (χ1) is 15.5. The van der Waals surface area contributed by atoms with Crippen LogP contribution in [0, 0.1) is 0 Å². The number of nitrogens with one attached hydrogen (secondary N) is 1. The van der Waals surface area contributed by atoms with Crippen LogP contribution in [0.5, 0.6) is 0 Å². The molecular formula is C23H23F3N2O5. The summed E-state index contributed by atoms with van der Waals surface area (Å²) >= 11 is 0. The minimum absolute atomic E-state index is 0.234. The Morgan fingerprint density at radius 2 is 1.55 bits per heavy atom. The lowest BCUT2D eigenvalue weighted by Crippen LogP contribution is -2.58. The molecule has 0 bridgehead atoms. The number of benzene rings is 2. The van der Waals surface area contributed by atoms with Crippen LogP contribution in [0.4, 0.5) is 18.0 Å². The van der Waals surface area contributed by atoms with Gasteiger partial charge in [-0.15, -0.1) is 0 Å². The van der Waals surface area contributed by atoms with Gasteiger partial charge < -0.3 is 20.1 Å². The van der Waals surface area contributed by atoms with Crippen molar-refractivity contribution in [3.05, 3.63) is 59.7 Å². The maximum atomic E-state index is 13.6. The van der Waals surface area contributed by atoms with E-state index in [2.05, 4.69) is 0 Å². The zero-order valence-electron chi connectivity index (χ0n) is 17.9. The van der Waals surface area contributed by atoms with Gasteiger partial charge in [-0.05, 0) is 36.1 Å². The maximum absolute atomic E-state index is 13.6. The zero-order valence-corrected chi connectivity index (χ0v) is 17.9. The van der Waals surface area contributed by atoms with E-state index in [0.29, 0.717) is 4.90 Å². The summed E-state index contributed by atoms with van der Waals surface area (Å²) in [6, 6.07) is 11.1. The molecule has 0 fully saturated rings. The van der Waals surface area contributed by atoms with Crippen LogP contribution < -0.4 is 5.32 Å². The number of amides is 2. The van der Waals surface area contributed by atoms with Gasteiger partial charge >= 0.3 is 18.2 Å². The number of carboxylic acids is 1. The third-order valence-electron chi connectivity index (χ3n) is 5.39. The average Bonchev–Trinajstić information content (AvgIpc) is 3.06. The number of carbonyl (C=O) groups is 3. The van der Waals surface area contributed by atoms with E-state index in [1.54, 1.807) is 5.32 Å². The molecule has 0 saturated carbocycles. The molecule has 3 rings (SSSR count). The number of halogens is 3. The van der Waals surface area contributed by atoms with Crippen molar-refractivity contribution in [1.29, 1.82) is 0 Å². The van der Waals surface area contributed by atoms with Crippen LogP contribution >= 0.6 is 0 Å². The molecule has 2 N–H and O–H groups in total. The lowest BCUT2D eigenvalue weighted by molar-refractivity contribution is -0.177. The smallest absolute Gasteiger partial charge is 0.417 e. The normalized spacial score (nSPS) is 13.8. The molecule has 0 saturated heterocycles. The van der Waals surface area contributed by atoms with Crippen LogP contribution in [-0.2, 0) is 14.3 Å². The molecule has 10 heteroatoms. The highest BCUT2D eigenvalue weighted by molar-refractivity contribution is 5.89. The van der Waals surface area contributed by atoms with Gasteiger partial charge in [-0.2, -0.15) is 13.2 Å². The van der Waals surface area contributed by atoms with E-state index < -0.39 is 42.8 Å². The van der Waals surface area contributed by atoms with Crippen LogP contribution in [0.2, 0.25) is 0 Å². The predicted molar refractivity (Wildman–Crippen MR) is 113 cm³/mol. The maximum Gasteiger partial charge on any atom is 0.417 e. The molecule has 7 nitrogen and oxygen atoms in total. The van der Waals surface area contributed by atoms with E-state index in [4.69, 9.17) is 9.84 Å². The number of hydrogen-bond acceptors (Lipinski definition) is 4. The summed E-state index contributed by atoms with van der Waals surface area (Å²) in [6.45, 7) is 1.58. The zero-order chi connectivity index (χ0) is 24.3. The van der Waals surface area contributed by atoms with Crippen molar-refractivity contribution < 1.29 is 37.4 Å². The molecule has 1 aliphatic rings. The topological polar surface area (TPSA) is 95.9 Å².